The fraction of sp³-hybridized carbons (Fsp3) is 0.154. The van der Waals surface area contributed by atoms with Gasteiger partial charge in [-0.15, -0.1) is 0 Å². The van der Waals surface area contributed by atoms with E-state index in [2.05, 4.69) is 5.32 Å². The van der Waals surface area contributed by atoms with Crippen molar-refractivity contribution in [1.29, 1.82) is 0 Å². The molecule has 0 aliphatic rings. The van der Waals surface area contributed by atoms with Crippen molar-refractivity contribution in [3.8, 4) is 5.75 Å². The summed E-state index contributed by atoms with van der Waals surface area (Å²) in [6.07, 6.45) is 3.68. The molecule has 3 rings (SSSR count). The molecule has 0 saturated heterocycles. The standard InChI is InChI=1S/C26H25NO4/c1-30-24-16-9-19(10-17-24)8-15-23(28)18-25(20-6-4-3-5-7-20)27-22-13-11-21(12-14-22)26(29)31-2/h3-17,25,27H,18H2,1-2H3/b15-8+/t25-/m1/s1. The second-order valence-electron chi connectivity index (χ2n) is 6.95. The van der Waals surface area contributed by atoms with E-state index >= 15 is 0 Å². The van der Waals surface area contributed by atoms with Gasteiger partial charge in [-0.25, -0.2) is 4.79 Å². The number of hydrogen-bond donors (Lipinski definition) is 1. The number of carbonyl (C=O) groups is 2. The van der Waals surface area contributed by atoms with Gasteiger partial charge in [0.2, 0.25) is 0 Å². The summed E-state index contributed by atoms with van der Waals surface area (Å²) in [5, 5.41) is 3.40. The van der Waals surface area contributed by atoms with Crippen LogP contribution in [-0.2, 0) is 9.53 Å². The molecule has 31 heavy (non-hydrogen) atoms. The lowest BCUT2D eigenvalue weighted by molar-refractivity contribution is -0.114. The van der Waals surface area contributed by atoms with E-state index in [0.29, 0.717) is 5.56 Å². The number of hydrogen-bond acceptors (Lipinski definition) is 5. The third kappa shape index (κ3) is 6.31. The Morgan fingerprint density at radius 3 is 2.19 bits per heavy atom. The zero-order valence-corrected chi connectivity index (χ0v) is 17.6. The van der Waals surface area contributed by atoms with Gasteiger partial charge in [0.05, 0.1) is 25.8 Å². The van der Waals surface area contributed by atoms with E-state index in [1.165, 1.54) is 7.11 Å². The van der Waals surface area contributed by atoms with E-state index in [4.69, 9.17) is 9.47 Å². The van der Waals surface area contributed by atoms with E-state index in [9.17, 15) is 9.59 Å². The van der Waals surface area contributed by atoms with Gasteiger partial charge in [-0.2, -0.15) is 0 Å². The van der Waals surface area contributed by atoms with Gasteiger partial charge in [0.1, 0.15) is 5.75 Å². The number of anilines is 1. The Kier molecular flexibility index (Phi) is 7.60. The number of ether oxygens (including phenoxy) is 2. The summed E-state index contributed by atoms with van der Waals surface area (Å²) in [5.41, 5.74) is 3.22. The zero-order chi connectivity index (χ0) is 22.1. The first-order valence-electron chi connectivity index (χ1n) is 9.94. The maximum absolute atomic E-state index is 12.7. The molecule has 0 amide bonds. The summed E-state index contributed by atoms with van der Waals surface area (Å²) in [5.74, 6) is 0.392. The molecule has 0 aromatic heterocycles. The van der Waals surface area contributed by atoms with Gasteiger partial charge in [-0.3, -0.25) is 4.79 Å². The maximum atomic E-state index is 12.7. The first-order chi connectivity index (χ1) is 15.1. The van der Waals surface area contributed by atoms with Crippen molar-refractivity contribution < 1.29 is 19.1 Å². The average Bonchev–Trinajstić information content (AvgIpc) is 2.83. The summed E-state index contributed by atoms with van der Waals surface area (Å²) in [4.78, 5) is 24.3. The molecule has 0 heterocycles. The molecular formula is C26H25NO4. The second kappa shape index (κ2) is 10.8. The minimum absolute atomic E-state index is 0.00310. The Balaban J connectivity index is 1.72. The zero-order valence-electron chi connectivity index (χ0n) is 17.6. The molecule has 158 valence electrons. The predicted molar refractivity (Wildman–Crippen MR) is 122 cm³/mol. The van der Waals surface area contributed by atoms with E-state index in [1.54, 1.807) is 43.5 Å². The van der Waals surface area contributed by atoms with Crippen LogP contribution in [-0.4, -0.2) is 26.0 Å². The third-order valence-corrected chi connectivity index (χ3v) is 4.83. The molecule has 3 aromatic carbocycles. The maximum Gasteiger partial charge on any atom is 0.337 e. The highest BCUT2D eigenvalue weighted by Gasteiger charge is 2.15. The number of nitrogens with one attached hydrogen (secondary N) is 1. The summed E-state index contributed by atoms with van der Waals surface area (Å²) in [6.45, 7) is 0. The van der Waals surface area contributed by atoms with Crippen molar-refractivity contribution in [1.82, 2.24) is 0 Å². The second-order valence-corrected chi connectivity index (χ2v) is 6.95. The monoisotopic (exact) mass is 415 g/mol. The fourth-order valence-corrected chi connectivity index (χ4v) is 3.13. The molecular weight excluding hydrogens is 390 g/mol. The largest absolute Gasteiger partial charge is 0.497 e. The summed E-state index contributed by atoms with van der Waals surface area (Å²) in [7, 11) is 2.97. The molecule has 0 unspecified atom stereocenters. The average molecular weight is 415 g/mol. The van der Waals surface area contributed by atoms with Crippen LogP contribution >= 0.6 is 0 Å². The quantitative estimate of drug-likeness (QED) is 0.379. The van der Waals surface area contributed by atoms with Gasteiger partial charge in [0.15, 0.2) is 5.78 Å². The van der Waals surface area contributed by atoms with Crippen LogP contribution in [0.3, 0.4) is 0 Å². The number of ketones is 1. The minimum Gasteiger partial charge on any atom is -0.497 e. The molecule has 0 radical (unpaired) electrons. The van der Waals surface area contributed by atoms with Crippen LogP contribution in [0.15, 0.2) is 84.9 Å². The first-order valence-corrected chi connectivity index (χ1v) is 9.94. The van der Waals surface area contributed by atoms with Crippen LogP contribution in [0.25, 0.3) is 6.08 Å². The number of benzene rings is 3. The van der Waals surface area contributed by atoms with Gasteiger partial charge >= 0.3 is 5.97 Å². The Morgan fingerprint density at radius 2 is 1.58 bits per heavy atom. The van der Waals surface area contributed by atoms with Crippen molar-refractivity contribution in [2.24, 2.45) is 0 Å². The van der Waals surface area contributed by atoms with Crippen LogP contribution in [0.1, 0.15) is 33.9 Å². The van der Waals surface area contributed by atoms with Crippen LogP contribution in [0, 0.1) is 0 Å². The van der Waals surface area contributed by atoms with Crippen molar-refractivity contribution >= 4 is 23.5 Å². The van der Waals surface area contributed by atoms with E-state index in [1.807, 2.05) is 54.6 Å². The van der Waals surface area contributed by atoms with Gasteiger partial charge in [-0.1, -0.05) is 48.5 Å². The molecule has 1 atom stereocenters. The highest BCUT2D eigenvalue weighted by atomic mass is 16.5. The Labute approximate surface area is 182 Å². The van der Waals surface area contributed by atoms with Crippen molar-refractivity contribution in [2.75, 3.05) is 19.5 Å². The molecule has 0 fully saturated rings. The van der Waals surface area contributed by atoms with Crippen LogP contribution in [0.4, 0.5) is 5.69 Å². The van der Waals surface area contributed by atoms with Crippen molar-refractivity contribution in [2.45, 2.75) is 12.5 Å². The number of allylic oxidation sites excluding steroid dienone is 1. The Hall–Kier alpha value is -3.86. The topological polar surface area (TPSA) is 64.6 Å². The first kappa shape index (κ1) is 21.8. The molecule has 5 nitrogen and oxygen atoms in total. The molecule has 0 aliphatic heterocycles. The highest BCUT2D eigenvalue weighted by molar-refractivity contribution is 5.94. The molecule has 0 saturated carbocycles. The van der Waals surface area contributed by atoms with Crippen LogP contribution in [0.2, 0.25) is 0 Å². The summed E-state index contributed by atoms with van der Waals surface area (Å²) >= 11 is 0. The Bertz CT molecular complexity index is 1030. The lowest BCUT2D eigenvalue weighted by atomic mass is 10.00. The molecule has 0 spiro atoms. The predicted octanol–water partition coefficient (Wildman–Crippen LogP) is 5.31. The highest BCUT2D eigenvalue weighted by Crippen LogP contribution is 2.24. The normalized spacial score (nSPS) is 11.7. The number of esters is 1. The van der Waals surface area contributed by atoms with Crippen LogP contribution < -0.4 is 10.1 Å². The number of methoxy groups -OCH3 is 2. The smallest absolute Gasteiger partial charge is 0.337 e. The molecule has 5 heteroatoms. The van der Waals surface area contributed by atoms with E-state index in [-0.39, 0.29) is 24.2 Å². The van der Waals surface area contributed by atoms with Crippen molar-refractivity contribution in [3.05, 3.63) is 102 Å². The number of rotatable bonds is 9. The SMILES string of the molecule is COC(=O)c1ccc(N[C@H](CC(=O)/C=C/c2ccc(OC)cc2)c2ccccc2)cc1. The lowest BCUT2D eigenvalue weighted by Gasteiger charge is -2.19. The molecule has 0 aliphatic carbocycles. The van der Waals surface area contributed by atoms with E-state index in [0.717, 1.165) is 22.6 Å². The van der Waals surface area contributed by atoms with Gasteiger partial charge in [0, 0.05) is 12.1 Å². The minimum atomic E-state index is -0.384. The van der Waals surface area contributed by atoms with Gasteiger partial charge in [-0.05, 0) is 53.6 Å². The van der Waals surface area contributed by atoms with Gasteiger partial charge < -0.3 is 14.8 Å². The molecule has 1 N–H and O–H groups in total. The molecule has 3 aromatic rings. The van der Waals surface area contributed by atoms with Crippen LogP contribution in [0.5, 0.6) is 5.75 Å². The number of carbonyl (C=O) groups excluding carboxylic acids is 2. The van der Waals surface area contributed by atoms with E-state index < -0.39 is 0 Å². The summed E-state index contributed by atoms with van der Waals surface area (Å²) < 4.78 is 9.89. The van der Waals surface area contributed by atoms with Crippen molar-refractivity contribution in [3.63, 3.8) is 0 Å². The Morgan fingerprint density at radius 1 is 0.903 bits per heavy atom. The fourth-order valence-electron chi connectivity index (χ4n) is 3.13. The lowest BCUT2D eigenvalue weighted by Crippen LogP contribution is -2.14. The molecule has 0 bridgehead atoms. The van der Waals surface area contributed by atoms with Gasteiger partial charge in [0.25, 0.3) is 0 Å². The summed E-state index contributed by atoms with van der Waals surface area (Å²) in [6, 6.07) is 24.1. The third-order valence-electron chi connectivity index (χ3n) is 4.83.